The highest BCUT2D eigenvalue weighted by Crippen LogP contribution is 2.30. The van der Waals surface area contributed by atoms with E-state index in [1.54, 1.807) is 0 Å². The number of nitriles is 1. The Morgan fingerprint density at radius 3 is 2.71 bits per heavy atom. The van der Waals surface area contributed by atoms with E-state index in [-0.39, 0.29) is 29.7 Å². The van der Waals surface area contributed by atoms with E-state index >= 15 is 0 Å². The molecule has 3 heteroatoms. The third-order valence-corrected chi connectivity index (χ3v) is 4.66. The average Bonchev–Trinajstić information content (AvgIpc) is 2.95. The van der Waals surface area contributed by atoms with E-state index < -0.39 is 0 Å². The lowest BCUT2D eigenvalue weighted by Crippen LogP contribution is -2.41. The molecular weight excluding hydrogens is 260 g/mol. The third-order valence-electron chi connectivity index (χ3n) is 4.66. The fourth-order valence-corrected chi connectivity index (χ4v) is 3.19. The monoisotopic (exact) mass is 284 g/mol. The van der Waals surface area contributed by atoms with Crippen molar-refractivity contribution in [2.45, 2.75) is 51.5 Å². The lowest BCUT2D eigenvalue weighted by molar-refractivity contribution is -0.124. The maximum Gasteiger partial charge on any atom is 0.228 e. The van der Waals surface area contributed by atoms with Crippen LogP contribution in [0.2, 0.25) is 0 Å². The lowest BCUT2D eigenvalue weighted by atomic mass is 9.84. The first kappa shape index (κ1) is 15.6. The molecule has 0 saturated heterocycles. The number of nitrogens with one attached hydrogen (secondary N) is 1. The fourth-order valence-electron chi connectivity index (χ4n) is 3.19. The van der Waals surface area contributed by atoms with Gasteiger partial charge in [-0.3, -0.25) is 4.79 Å². The first-order valence-electron chi connectivity index (χ1n) is 7.92. The Bertz CT molecular complexity index is 506. The minimum absolute atomic E-state index is 0.0256. The Kier molecular flexibility index (Phi) is 5.38. The van der Waals surface area contributed by atoms with Crippen LogP contribution in [0.4, 0.5) is 0 Å². The second kappa shape index (κ2) is 7.26. The van der Waals surface area contributed by atoms with Crippen LogP contribution in [-0.2, 0) is 4.79 Å². The number of hydrogen-bond donors (Lipinski definition) is 1. The van der Waals surface area contributed by atoms with Gasteiger partial charge in [0.15, 0.2) is 0 Å². The zero-order chi connectivity index (χ0) is 15.2. The predicted octanol–water partition coefficient (Wildman–Crippen LogP) is 3.62. The van der Waals surface area contributed by atoms with E-state index in [0.29, 0.717) is 0 Å². The predicted molar refractivity (Wildman–Crippen MR) is 83.5 cm³/mol. The summed E-state index contributed by atoms with van der Waals surface area (Å²) in [7, 11) is 0. The van der Waals surface area contributed by atoms with Crippen molar-refractivity contribution in [1.29, 1.82) is 5.26 Å². The molecule has 112 valence electrons. The average molecular weight is 284 g/mol. The molecule has 0 heterocycles. The van der Waals surface area contributed by atoms with Gasteiger partial charge in [0, 0.05) is 6.04 Å². The van der Waals surface area contributed by atoms with Gasteiger partial charge in [-0.15, -0.1) is 0 Å². The second-order valence-corrected chi connectivity index (χ2v) is 6.06. The van der Waals surface area contributed by atoms with Gasteiger partial charge in [-0.25, -0.2) is 0 Å². The Morgan fingerprint density at radius 1 is 1.38 bits per heavy atom. The number of hydrogen-bond acceptors (Lipinski definition) is 2. The number of carbonyl (C=O) groups is 1. The van der Waals surface area contributed by atoms with Gasteiger partial charge in [0.1, 0.15) is 0 Å². The standard InChI is InChI=1S/C18H24N2O/c1-3-13(2)17(14-8-5-4-6-9-14)18(21)20-16-11-7-10-15(16)12-19/h4-6,8-9,13,15-17H,3,7,10-11H2,1-2H3,(H,20,21). The van der Waals surface area contributed by atoms with E-state index in [2.05, 4.69) is 25.2 Å². The van der Waals surface area contributed by atoms with Crippen LogP contribution in [0, 0.1) is 23.2 Å². The molecule has 1 fully saturated rings. The summed E-state index contributed by atoms with van der Waals surface area (Å²) in [5.74, 6) is 0.204. The van der Waals surface area contributed by atoms with Gasteiger partial charge in [0.25, 0.3) is 0 Å². The highest BCUT2D eigenvalue weighted by atomic mass is 16.2. The van der Waals surface area contributed by atoms with Gasteiger partial charge in [0.05, 0.1) is 17.9 Å². The molecule has 1 saturated carbocycles. The van der Waals surface area contributed by atoms with Crippen LogP contribution in [0.15, 0.2) is 30.3 Å². The van der Waals surface area contributed by atoms with Crippen molar-refractivity contribution in [3.8, 4) is 6.07 Å². The van der Waals surface area contributed by atoms with Crippen molar-refractivity contribution in [1.82, 2.24) is 5.32 Å². The van der Waals surface area contributed by atoms with Crippen molar-refractivity contribution >= 4 is 5.91 Å². The molecule has 1 aliphatic carbocycles. The Balaban J connectivity index is 2.14. The van der Waals surface area contributed by atoms with Gasteiger partial charge in [-0.1, -0.05) is 50.6 Å². The maximum atomic E-state index is 12.7. The topological polar surface area (TPSA) is 52.9 Å². The molecule has 1 amide bonds. The summed E-state index contributed by atoms with van der Waals surface area (Å²) in [4.78, 5) is 12.7. The van der Waals surface area contributed by atoms with Crippen LogP contribution in [-0.4, -0.2) is 11.9 Å². The molecule has 1 aromatic rings. The van der Waals surface area contributed by atoms with Gasteiger partial charge in [-0.05, 0) is 30.7 Å². The number of rotatable bonds is 5. The van der Waals surface area contributed by atoms with Crippen LogP contribution in [0.25, 0.3) is 0 Å². The van der Waals surface area contributed by atoms with Gasteiger partial charge < -0.3 is 5.32 Å². The second-order valence-electron chi connectivity index (χ2n) is 6.06. The molecular formula is C18H24N2O. The largest absolute Gasteiger partial charge is 0.352 e. The first-order chi connectivity index (χ1) is 10.2. The zero-order valence-corrected chi connectivity index (χ0v) is 12.9. The van der Waals surface area contributed by atoms with E-state index in [0.717, 1.165) is 31.2 Å². The zero-order valence-electron chi connectivity index (χ0n) is 12.9. The third kappa shape index (κ3) is 3.64. The molecule has 0 spiro atoms. The molecule has 21 heavy (non-hydrogen) atoms. The number of carbonyl (C=O) groups excluding carboxylic acids is 1. The molecule has 0 radical (unpaired) electrons. The Hall–Kier alpha value is -1.82. The first-order valence-corrected chi connectivity index (χ1v) is 7.92. The van der Waals surface area contributed by atoms with Crippen LogP contribution in [0.1, 0.15) is 51.0 Å². The molecule has 3 nitrogen and oxygen atoms in total. The fraction of sp³-hybridized carbons (Fsp3) is 0.556. The summed E-state index contributed by atoms with van der Waals surface area (Å²) in [6.07, 6.45) is 3.81. The molecule has 0 aliphatic heterocycles. The number of benzene rings is 1. The maximum absolute atomic E-state index is 12.7. The summed E-state index contributed by atoms with van der Waals surface area (Å²) in [5.41, 5.74) is 1.07. The summed E-state index contributed by atoms with van der Waals surface area (Å²) in [5, 5.41) is 12.3. The molecule has 4 atom stereocenters. The van der Waals surface area contributed by atoms with E-state index in [1.165, 1.54) is 0 Å². The van der Waals surface area contributed by atoms with Gasteiger partial charge in [-0.2, -0.15) is 5.26 Å². The van der Waals surface area contributed by atoms with E-state index in [1.807, 2.05) is 30.3 Å². The summed E-state index contributed by atoms with van der Waals surface area (Å²) < 4.78 is 0. The van der Waals surface area contributed by atoms with Crippen molar-refractivity contribution < 1.29 is 4.79 Å². The molecule has 2 rings (SSSR count). The molecule has 1 aliphatic rings. The van der Waals surface area contributed by atoms with E-state index in [9.17, 15) is 4.79 Å². The smallest absolute Gasteiger partial charge is 0.228 e. The summed E-state index contributed by atoms with van der Waals surface area (Å²) in [6, 6.07) is 12.3. The van der Waals surface area contributed by atoms with Crippen LogP contribution < -0.4 is 5.32 Å². The van der Waals surface area contributed by atoms with Crippen molar-refractivity contribution in [3.05, 3.63) is 35.9 Å². The molecule has 0 bridgehead atoms. The number of nitrogens with zero attached hydrogens (tertiary/aromatic N) is 1. The van der Waals surface area contributed by atoms with Crippen molar-refractivity contribution in [2.24, 2.45) is 11.8 Å². The number of amides is 1. The highest BCUT2D eigenvalue weighted by Gasteiger charge is 2.32. The molecule has 4 unspecified atom stereocenters. The van der Waals surface area contributed by atoms with Crippen LogP contribution in [0.3, 0.4) is 0 Å². The SMILES string of the molecule is CCC(C)C(C(=O)NC1CCCC1C#N)c1ccccc1. The quantitative estimate of drug-likeness (QED) is 0.897. The normalized spacial score (nSPS) is 24.0. The molecule has 0 aromatic heterocycles. The minimum Gasteiger partial charge on any atom is -0.352 e. The Morgan fingerprint density at radius 2 is 2.10 bits per heavy atom. The van der Waals surface area contributed by atoms with Crippen LogP contribution in [0.5, 0.6) is 0 Å². The minimum atomic E-state index is -0.129. The Labute approximate surface area is 127 Å². The van der Waals surface area contributed by atoms with Gasteiger partial charge >= 0.3 is 0 Å². The van der Waals surface area contributed by atoms with E-state index in [4.69, 9.17) is 5.26 Å². The highest BCUT2D eigenvalue weighted by molar-refractivity contribution is 5.84. The van der Waals surface area contributed by atoms with Crippen molar-refractivity contribution in [3.63, 3.8) is 0 Å². The van der Waals surface area contributed by atoms with Crippen LogP contribution >= 0.6 is 0 Å². The molecule has 1 aromatic carbocycles. The van der Waals surface area contributed by atoms with Crippen molar-refractivity contribution in [2.75, 3.05) is 0 Å². The van der Waals surface area contributed by atoms with Gasteiger partial charge in [0.2, 0.25) is 5.91 Å². The summed E-state index contributed by atoms with van der Waals surface area (Å²) >= 11 is 0. The molecule has 1 N–H and O–H groups in total. The lowest BCUT2D eigenvalue weighted by Gasteiger charge is -2.25. The summed E-state index contributed by atoms with van der Waals surface area (Å²) in [6.45, 7) is 4.23.